The van der Waals surface area contributed by atoms with Gasteiger partial charge in [0, 0.05) is 11.6 Å². The molecule has 16 heavy (non-hydrogen) atoms. The van der Waals surface area contributed by atoms with Crippen LogP contribution in [-0.4, -0.2) is 22.2 Å². The maximum absolute atomic E-state index is 11.1. The zero-order valence-corrected chi connectivity index (χ0v) is 8.18. The second kappa shape index (κ2) is 5.64. The molecule has 6 heteroatoms. The van der Waals surface area contributed by atoms with Gasteiger partial charge in [-0.1, -0.05) is 12.1 Å². The largest absolute Gasteiger partial charge is 0.288 e. The molecule has 6 nitrogen and oxygen atoms in total. The molecule has 0 unspecified atom stereocenters. The second-order valence-electron chi connectivity index (χ2n) is 2.88. The Morgan fingerprint density at radius 2 is 1.94 bits per heavy atom. The van der Waals surface area contributed by atoms with Crippen LogP contribution in [0.4, 0.5) is 0 Å². The van der Waals surface area contributed by atoms with Gasteiger partial charge in [-0.2, -0.15) is 0 Å². The second-order valence-corrected chi connectivity index (χ2v) is 2.88. The number of hydroxylamine groups is 2. The molecule has 0 aliphatic heterocycles. The minimum absolute atomic E-state index is 0.258. The average molecular weight is 222 g/mol. The number of rotatable bonds is 3. The summed E-state index contributed by atoms with van der Waals surface area (Å²) in [6.07, 6.45) is 2.52. The zero-order valence-electron chi connectivity index (χ0n) is 8.18. The molecule has 0 aliphatic carbocycles. The summed E-state index contributed by atoms with van der Waals surface area (Å²) < 4.78 is 0. The number of carbonyl (C=O) groups is 2. The first kappa shape index (κ1) is 11.9. The third kappa shape index (κ3) is 3.19. The van der Waals surface area contributed by atoms with Crippen molar-refractivity contribution in [2.24, 2.45) is 0 Å². The Morgan fingerprint density at radius 3 is 2.56 bits per heavy atom. The predicted octanol–water partition coefficient (Wildman–Crippen LogP) is 0.324. The number of hydrogen-bond donors (Lipinski definition) is 4. The summed E-state index contributed by atoms with van der Waals surface area (Å²) in [7, 11) is 0. The van der Waals surface area contributed by atoms with Gasteiger partial charge in [0.05, 0.1) is 0 Å². The van der Waals surface area contributed by atoms with Crippen LogP contribution in [0.1, 0.15) is 15.9 Å². The number of hydrogen-bond acceptors (Lipinski definition) is 4. The molecule has 1 rings (SSSR count). The van der Waals surface area contributed by atoms with Crippen molar-refractivity contribution in [3.63, 3.8) is 0 Å². The summed E-state index contributed by atoms with van der Waals surface area (Å²) in [6.45, 7) is 0. The third-order valence-electron chi connectivity index (χ3n) is 1.79. The van der Waals surface area contributed by atoms with Crippen molar-refractivity contribution in [3.8, 4) is 0 Å². The normalized spacial score (nSPS) is 10.1. The summed E-state index contributed by atoms with van der Waals surface area (Å²) in [5, 5.41) is 16.7. The van der Waals surface area contributed by atoms with Crippen molar-refractivity contribution < 1.29 is 20.0 Å². The lowest BCUT2D eigenvalue weighted by Crippen LogP contribution is -2.18. The molecule has 0 heterocycles. The van der Waals surface area contributed by atoms with E-state index in [1.54, 1.807) is 12.1 Å². The Morgan fingerprint density at radius 1 is 1.19 bits per heavy atom. The van der Waals surface area contributed by atoms with E-state index >= 15 is 0 Å². The molecule has 0 radical (unpaired) electrons. The molecule has 0 saturated carbocycles. The standard InChI is InChI=1S/C10H10N2O4/c13-9(11-15)5-4-7-2-1-3-8(6-7)10(14)12-16/h1-6,15-16H,(H,11,13)(H,12,14)/b5-4+. The fourth-order valence-electron chi connectivity index (χ4n) is 1.06. The van der Waals surface area contributed by atoms with Gasteiger partial charge in [-0.05, 0) is 23.8 Å². The first-order chi connectivity index (χ1) is 7.67. The van der Waals surface area contributed by atoms with E-state index in [2.05, 4.69) is 0 Å². The Balaban J connectivity index is 2.86. The van der Waals surface area contributed by atoms with Gasteiger partial charge in [-0.15, -0.1) is 0 Å². The van der Waals surface area contributed by atoms with Crippen molar-refractivity contribution in [1.29, 1.82) is 0 Å². The predicted molar refractivity (Wildman–Crippen MR) is 54.7 cm³/mol. The van der Waals surface area contributed by atoms with Gasteiger partial charge in [0.1, 0.15) is 0 Å². The van der Waals surface area contributed by atoms with Crippen LogP contribution in [0.3, 0.4) is 0 Å². The molecule has 2 amide bonds. The molecule has 0 aromatic heterocycles. The molecule has 0 fully saturated rings. The summed E-state index contributed by atoms with van der Waals surface area (Å²) in [4.78, 5) is 21.7. The van der Waals surface area contributed by atoms with E-state index in [9.17, 15) is 9.59 Å². The highest BCUT2D eigenvalue weighted by molar-refractivity contribution is 5.95. The molecule has 0 saturated heterocycles. The topological polar surface area (TPSA) is 98.7 Å². The minimum Gasteiger partial charge on any atom is -0.288 e. The summed E-state index contributed by atoms with van der Waals surface area (Å²) in [5.41, 5.74) is 3.79. The lowest BCUT2D eigenvalue weighted by Gasteiger charge is -1.99. The number of benzene rings is 1. The van der Waals surface area contributed by atoms with E-state index in [1.807, 2.05) is 0 Å². The van der Waals surface area contributed by atoms with Crippen molar-refractivity contribution >= 4 is 17.9 Å². The van der Waals surface area contributed by atoms with E-state index in [0.29, 0.717) is 5.56 Å². The maximum Gasteiger partial charge on any atom is 0.274 e. The Hall–Kier alpha value is -2.18. The van der Waals surface area contributed by atoms with Crippen LogP contribution >= 0.6 is 0 Å². The molecule has 0 atom stereocenters. The van der Waals surface area contributed by atoms with Crippen LogP contribution in [-0.2, 0) is 4.79 Å². The number of nitrogens with one attached hydrogen (secondary N) is 2. The minimum atomic E-state index is -0.669. The van der Waals surface area contributed by atoms with Gasteiger partial charge in [0.2, 0.25) is 0 Å². The van der Waals surface area contributed by atoms with E-state index in [1.165, 1.54) is 29.2 Å². The summed E-state index contributed by atoms with van der Waals surface area (Å²) >= 11 is 0. The van der Waals surface area contributed by atoms with Crippen LogP contribution in [0.25, 0.3) is 6.08 Å². The number of amides is 2. The van der Waals surface area contributed by atoms with Crippen molar-refractivity contribution in [2.45, 2.75) is 0 Å². The fraction of sp³-hybridized carbons (Fsp3) is 0. The van der Waals surface area contributed by atoms with Crippen LogP contribution in [0.15, 0.2) is 30.3 Å². The van der Waals surface area contributed by atoms with Crippen LogP contribution in [0, 0.1) is 0 Å². The monoisotopic (exact) mass is 222 g/mol. The van der Waals surface area contributed by atoms with E-state index in [-0.39, 0.29) is 5.56 Å². The highest BCUT2D eigenvalue weighted by Gasteiger charge is 2.03. The zero-order chi connectivity index (χ0) is 12.0. The highest BCUT2D eigenvalue weighted by atomic mass is 16.5. The molecular weight excluding hydrogens is 212 g/mol. The van der Waals surface area contributed by atoms with Gasteiger partial charge >= 0.3 is 0 Å². The highest BCUT2D eigenvalue weighted by Crippen LogP contribution is 2.06. The van der Waals surface area contributed by atoms with Gasteiger partial charge in [-0.3, -0.25) is 20.0 Å². The van der Waals surface area contributed by atoms with E-state index in [0.717, 1.165) is 6.08 Å². The van der Waals surface area contributed by atoms with Crippen molar-refractivity contribution in [2.75, 3.05) is 0 Å². The smallest absolute Gasteiger partial charge is 0.274 e. The fourth-order valence-corrected chi connectivity index (χ4v) is 1.06. The SMILES string of the molecule is O=C(/C=C/c1cccc(C(=O)NO)c1)NO. The summed E-state index contributed by atoms with van der Waals surface area (Å²) in [6, 6.07) is 6.25. The maximum atomic E-state index is 11.1. The molecule has 0 bridgehead atoms. The van der Waals surface area contributed by atoms with Gasteiger partial charge < -0.3 is 0 Å². The first-order valence-electron chi connectivity index (χ1n) is 4.34. The van der Waals surface area contributed by atoms with Crippen LogP contribution in [0.2, 0.25) is 0 Å². The molecule has 0 spiro atoms. The van der Waals surface area contributed by atoms with Crippen molar-refractivity contribution in [1.82, 2.24) is 11.0 Å². The molecule has 84 valence electrons. The molecule has 4 N–H and O–H groups in total. The summed E-state index contributed by atoms with van der Waals surface area (Å²) in [5.74, 6) is -1.31. The van der Waals surface area contributed by atoms with Crippen LogP contribution < -0.4 is 11.0 Å². The molecule has 1 aromatic rings. The Kier molecular flexibility index (Phi) is 4.19. The van der Waals surface area contributed by atoms with Gasteiger partial charge in [-0.25, -0.2) is 11.0 Å². The number of carbonyl (C=O) groups excluding carboxylic acids is 2. The Bertz CT molecular complexity index is 429. The lowest BCUT2D eigenvalue weighted by atomic mass is 10.1. The van der Waals surface area contributed by atoms with Crippen LogP contribution in [0.5, 0.6) is 0 Å². The van der Waals surface area contributed by atoms with Crippen molar-refractivity contribution in [3.05, 3.63) is 41.5 Å². The van der Waals surface area contributed by atoms with E-state index in [4.69, 9.17) is 10.4 Å². The first-order valence-corrected chi connectivity index (χ1v) is 4.34. The lowest BCUT2D eigenvalue weighted by molar-refractivity contribution is -0.124. The molecule has 0 aliphatic rings. The van der Waals surface area contributed by atoms with Gasteiger partial charge in [0.25, 0.3) is 11.8 Å². The molecular formula is C10H10N2O4. The third-order valence-corrected chi connectivity index (χ3v) is 1.79. The quantitative estimate of drug-likeness (QED) is 0.336. The van der Waals surface area contributed by atoms with E-state index < -0.39 is 11.8 Å². The Labute approximate surface area is 91.1 Å². The van der Waals surface area contributed by atoms with Gasteiger partial charge in [0.15, 0.2) is 0 Å². The molecule has 1 aromatic carbocycles. The average Bonchev–Trinajstić information content (AvgIpc) is 2.35.